The highest BCUT2D eigenvalue weighted by Gasteiger charge is 2.14. The molecule has 2 unspecified atom stereocenters. The maximum atomic E-state index is 11.9. The third-order valence-electron chi connectivity index (χ3n) is 3.64. The van der Waals surface area contributed by atoms with Crippen LogP contribution in [-0.2, 0) is 9.36 Å². The molecule has 0 aliphatic heterocycles. The average Bonchev–Trinajstić information content (AvgIpc) is 2.43. The van der Waals surface area contributed by atoms with Gasteiger partial charge in [0, 0.05) is 12.6 Å². The Balaban J connectivity index is 4.17. The molecular formula is C19H33O3P. The van der Waals surface area contributed by atoms with Gasteiger partial charge in [0.15, 0.2) is 0 Å². The van der Waals surface area contributed by atoms with Crippen LogP contribution in [0.15, 0.2) is 35.2 Å². The van der Waals surface area contributed by atoms with Crippen LogP contribution in [0.4, 0.5) is 0 Å². The van der Waals surface area contributed by atoms with Crippen LogP contribution in [-0.4, -0.2) is 16.8 Å². The van der Waals surface area contributed by atoms with Crippen molar-refractivity contribution in [3.63, 3.8) is 0 Å². The van der Waals surface area contributed by atoms with Crippen LogP contribution in [0.2, 0.25) is 0 Å². The van der Waals surface area contributed by atoms with Crippen LogP contribution in [0.25, 0.3) is 0 Å². The second-order valence-corrected chi connectivity index (χ2v) is 8.95. The van der Waals surface area contributed by atoms with Crippen LogP contribution in [0.3, 0.4) is 0 Å². The normalized spacial score (nSPS) is 16.2. The minimum atomic E-state index is -3.30. The summed E-state index contributed by atoms with van der Waals surface area (Å²) in [7, 11) is -3.30. The molecule has 0 bridgehead atoms. The molecule has 3 nitrogen and oxygen atoms in total. The molecule has 0 aromatic rings. The zero-order valence-electron chi connectivity index (χ0n) is 15.3. The number of ketones is 1. The maximum absolute atomic E-state index is 11.9. The monoisotopic (exact) mass is 340 g/mol. The molecule has 0 aliphatic rings. The van der Waals surface area contributed by atoms with E-state index in [9.17, 15) is 14.3 Å². The lowest BCUT2D eigenvalue weighted by molar-refractivity contribution is -0.116. The molecule has 0 heterocycles. The van der Waals surface area contributed by atoms with Gasteiger partial charge in [-0.05, 0) is 65.1 Å². The Labute approximate surface area is 142 Å². The van der Waals surface area contributed by atoms with Crippen molar-refractivity contribution in [2.24, 2.45) is 5.92 Å². The summed E-state index contributed by atoms with van der Waals surface area (Å²) in [5.74, 6) is 1.62. The van der Waals surface area contributed by atoms with Gasteiger partial charge < -0.3 is 9.69 Å². The third-order valence-corrected chi connectivity index (χ3v) is 5.14. The van der Waals surface area contributed by atoms with Crippen molar-refractivity contribution in [1.29, 1.82) is 0 Å². The molecular weight excluding hydrogens is 307 g/mol. The highest BCUT2D eigenvalue weighted by Crippen LogP contribution is 2.43. The molecule has 2 atom stereocenters. The van der Waals surface area contributed by atoms with Crippen molar-refractivity contribution in [2.75, 3.05) is 6.16 Å². The van der Waals surface area contributed by atoms with E-state index in [0.717, 1.165) is 25.7 Å². The van der Waals surface area contributed by atoms with E-state index in [1.165, 1.54) is 23.9 Å². The van der Waals surface area contributed by atoms with E-state index >= 15 is 0 Å². The van der Waals surface area contributed by atoms with Gasteiger partial charge in [0.25, 0.3) is 0 Å². The molecule has 4 heteroatoms. The predicted octanol–water partition coefficient (Wildman–Crippen LogP) is 5.86. The Morgan fingerprint density at radius 1 is 1.09 bits per heavy atom. The van der Waals surface area contributed by atoms with Gasteiger partial charge in [0.2, 0.25) is 7.37 Å². The summed E-state index contributed by atoms with van der Waals surface area (Å²) in [6.07, 6.45) is 10.7. The van der Waals surface area contributed by atoms with E-state index in [4.69, 9.17) is 0 Å². The lowest BCUT2D eigenvalue weighted by Gasteiger charge is -2.08. The van der Waals surface area contributed by atoms with Gasteiger partial charge in [-0.1, -0.05) is 36.3 Å². The van der Waals surface area contributed by atoms with Gasteiger partial charge in [-0.25, -0.2) is 0 Å². The van der Waals surface area contributed by atoms with Crippen molar-refractivity contribution in [3.05, 3.63) is 35.2 Å². The number of allylic oxidation sites excluding steroid dienone is 5. The van der Waals surface area contributed by atoms with Crippen molar-refractivity contribution < 1.29 is 14.3 Å². The molecule has 0 radical (unpaired) electrons. The predicted molar refractivity (Wildman–Crippen MR) is 100.0 cm³/mol. The number of hydrogen-bond acceptors (Lipinski definition) is 2. The topological polar surface area (TPSA) is 54.4 Å². The fourth-order valence-electron chi connectivity index (χ4n) is 2.05. The van der Waals surface area contributed by atoms with Crippen molar-refractivity contribution >= 4 is 13.2 Å². The van der Waals surface area contributed by atoms with E-state index in [0.29, 0.717) is 0 Å². The molecule has 0 fully saturated rings. The number of rotatable bonds is 11. The van der Waals surface area contributed by atoms with Crippen LogP contribution in [0, 0.1) is 5.92 Å². The molecule has 0 saturated carbocycles. The smallest absolute Gasteiger partial charge is 0.222 e. The first-order chi connectivity index (χ1) is 10.6. The van der Waals surface area contributed by atoms with Crippen LogP contribution in [0.5, 0.6) is 0 Å². The SMILES string of the molecule is CC(=O)CCP(=O)(O)/C=C/C(C)CCC=C(C)CCC=C(C)C. The Bertz CT molecular complexity index is 497. The zero-order chi connectivity index (χ0) is 17.9. The molecule has 0 aromatic heterocycles. The Morgan fingerprint density at radius 2 is 1.74 bits per heavy atom. The zero-order valence-corrected chi connectivity index (χ0v) is 16.2. The van der Waals surface area contributed by atoms with Gasteiger partial charge in [-0.3, -0.25) is 4.57 Å². The van der Waals surface area contributed by atoms with Gasteiger partial charge in [-0.2, -0.15) is 0 Å². The second-order valence-electron chi connectivity index (χ2n) is 6.70. The van der Waals surface area contributed by atoms with Crippen molar-refractivity contribution in [2.45, 2.75) is 66.7 Å². The maximum Gasteiger partial charge on any atom is 0.222 e. The molecule has 132 valence electrons. The second kappa shape index (κ2) is 11.6. The summed E-state index contributed by atoms with van der Waals surface area (Å²) in [5.41, 5.74) is 2.75. The van der Waals surface area contributed by atoms with Crippen LogP contribution >= 0.6 is 7.37 Å². The summed E-state index contributed by atoms with van der Waals surface area (Å²) >= 11 is 0. The first kappa shape index (κ1) is 22.1. The fourth-order valence-corrected chi connectivity index (χ4v) is 3.40. The summed E-state index contributed by atoms with van der Waals surface area (Å²) in [6.45, 7) is 9.88. The molecule has 0 aliphatic carbocycles. The first-order valence-corrected chi connectivity index (χ1v) is 10.3. The van der Waals surface area contributed by atoms with Crippen LogP contribution in [0.1, 0.15) is 66.7 Å². The minimum absolute atomic E-state index is 0.0468. The Hall–Kier alpha value is -0.920. The number of hydrogen-bond donors (Lipinski definition) is 1. The standard InChI is InChI=1S/C19H33O3P/c1-16(2)8-6-9-17(3)10-7-11-18(4)12-14-23(21,22)15-13-19(5)20/h8,10,12,14,18H,6-7,9,11,13,15H2,1-5H3,(H,21,22)/b14-12+,17-10?. The molecule has 0 amide bonds. The fraction of sp³-hybridized carbons (Fsp3) is 0.632. The Kier molecular flexibility index (Phi) is 11.1. The van der Waals surface area contributed by atoms with E-state index in [1.54, 1.807) is 0 Å². The van der Waals surface area contributed by atoms with Crippen LogP contribution < -0.4 is 0 Å². The highest BCUT2D eigenvalue weighted by molar-refractivity contribution is 7.61. The highest BCUT2D eigenvalue weighted by atomic mass is 31.2. The van der Waals surface area contributed by atoms with E-state index < -0.39 is 7.37 Å². The minimum Gasteiger partial charge on any atom is -0.341 e. The largest absolute Gasteiger partial charge is 0.341 e. The number of carbonyl (C=O) groups is 1. The molecule has 1 N–H and O–H groups in total. The van der Waals surface area contributed by atoms with Crippen molar-refractivity contribution in [1.82, 2.24) is 0 Å². The summed E-state index contributed by atoms with van der Waals surface area (Å²) in [4.78, 5) is 20.6. The summed E-state index contributed by atoms with van der Waals surface area (Å²) < 4.78 is 11.9. The van der Waals surface area contributed by atoms with E-state index in [-0.39, 0.29) is 24.3 Å². The van der Waals surface area contributed by atoms with Gasteiger partial charge >= 0.3 is 0 Å². The van der Waals surface area contributed by atoms with E-state index in [1.807, 2.05) is 13.0 Å². The van der Waals surface area contributed by atoms with Gasteiger partial charge in [0.05, 0.1) is 0 Å². The molecule has 0 spiro atoms. The summed E-state index contributed by atoms with van der Waals surface area (Å²) in [5, 5.41) is 0. The average molecular weight is 340 g/mol. The lowest BCUT2D eigenvalue weighted by atomic mass is 10.0. The van der Waals surface area contributed by atoms with Gasteiger partial charge in [-0.15, -0.1) is 0 Å². The molecule has 23 heavy (non-hydrogen) atoms. The number of carbonyl (C=O) groups excluding carboxylic acids is 1. The van der Waals surface area contributed by atoms with E-state index in [2.05, 4.69) is 32.9 Å². The van der Waals surface area contributed by atoms with Crippen molar-refractivity contribution in [3.8, 4) is 0 Å². The number of Topliss-reactive ketones (excluding diaryl/α,β-unsaturated/α-hetero) is 1. The first-order valence-electron chi connectivity index (χ1n) is 8.41. The van der Waals surface area contributed by atoms with Gasteiger partial charge in [0.1, 0.15) is 5.78 Å². The Morgan fingerprint density at radius 3 is 2.30 bits per heavy atom. The summed E-state index contributed by atoms with van der Waals surface area (Å²) in [6, 6.07) is 0. The quantitative estimate of drug-likeness (QED) is 0.378. The molecule has 0 saturated heterocycles. The molecule has 0 aromatic carbocycles. The lowest BCUT2D eigenvalue weighted by Crippen LogP contribution is -1.96. The third kappa shape index (κ3) is 14.4. The molecule has 0 rings (SSSR count).